The molecule has 0 aliphatic carbocycles. The van der Waals surface area contributed by atoms with E-state index in [9.17, 15) is 13.2 Å². The van der Waals surface area contributed by atoms with E-state index < -0.39 is 33.0 Å². The second kappa shape index (κ2) is 8.61. The van der Waals surface area contributed by atoms with Crippen LogP contribution in [0.3, 0.4) is 0 Å². The van der Waals surface area contributed by atoms with Crippen molar-refractivity contribution in [3.63, 3.8) is 0 Å². The molecular formula is C20H23ClN2O4S. The summed E-state index contributed by atoms with van der Waals surface area (Å²) < 4.78 is 30.7. The van der Waals surface area contributed by atoms with Crippen LogP contribution in [0.1, 0.15) is 10.8 Å². The van der Waals surface area contributed by atoms with Gasteiger partial charge in [0, 0.05) is 24.7 Å². The van der Waals surface area contributed by atoms with Crippen LogP contribution < -0.4 is 5.32 Å². The van der Waals surface area contributed by atoms with Crippen molar-refractivity contribution in [3.05, 3.63) is 59.6 Å². The van der Waals surface area contributed by atoms with Crippen LogP contribution in [0.15, 0.2) is 49.1 Å². The molecule has 0 aromatic heterocycles. The van der Waals surface area contributed by atoms with Crippen LogP contribution in [0.5, 0.6) is 0 Å². The fraction of sp³-hybridized carbons (Fsp3) is 0.350. The topological polar surface area (TPSA) is 75.7 Å². The average molecular weight is 423 g/mol. The minimum absolute atomic E-state index is 0.483. The number of nitrogens with one attached hydrogen (secondary N) is 1. The summed E-state index contributed by atoms with van der Waals surface area (Å²) in [6.45, 7) is 5.63. The van der Waals surface area contributed by atoms with Gasteiger partial charge in [-0.1, -0.05) is 35.9 Å². The molecule has 28 heavy (non-hydrogen) atoms. The summed E-state index contributed by atoms with van der Waals surface area (Å²) in [5.74, 6) is -1.26. The number of piperazine rings is 1. The second-order valence-corrected chi connectivity index (χ2v) is 9.43. The molecule has 2 aromatic rings. The molecule has 8 heteroatoms. The Labute approximate surface area is 170 Å². The van der Waals surface area contributed by atoms with E-state index >= 15 is 0 Å². The first-order valence-corrected chi connectivity index (χ1v) is 11.0. The van der Waals surface area contributed by atoms with Gasteiger partial charge in [-0.15, -0.1) is 6.58 Å². The molecule has 1 aliphatic heterocycles. The molecule has 6 nitrogen and oxygen atoms in total. The number of carbonyl (C=O) groups excluding carboxylic acids is 1. The van der Waals surface area contributed by atoms with Gasteiger partial charge in [-0.2, -0.15) is 0 Å². The van der Waals surface area contributed by atoms with Crippen LogP contribution in [-0.2, 0) is 19.4 Å². The van der Waals surface area contributed by atoms with Crippen LogP contribution in [-0.4, -0.2) is 57.9 Å². The standard InChI is InChI=1S/C20H23ClN2O4S/c1-3-19(16-5-4-15-11-17(21)7-6-14(15)10-16)28(25,26)13-27-20(24)18-12-23(2)9-8-22-18/h3-7,10-11,18-19,22H,1,8-9,12-13H2,2H3. The highest BCUT2D eigenvalue weighted by Crippen LogP contribution is 2.29. The Kier molecular flexibility index (Phi) is 6.40. The molecule has 1 fully saturated rings. The van der Waals surface area contributed by atoms with E-state index in [0.29, 0.717) is 23.7 Å². The minimum Gasteiger partial charge on any atom is -0.448 e. The summed E-state index contributed by atoms with van der Waals surface area (Å²) in [6.07, 6.45) is 1.35. The summed E-state index contributed by atoms with van der Waals surface area (Å²) in [4.78, 5) is 14.2. The fourth-order valence-corrected chi connectivity index (χ4v) is 4.73. The van der Waals surface area contributed by atoms with E-state index in [4.69, 9.17) is 16.3 Å². The van der Waals surface area contributed by atoms with Crippen LogP contribution in [0.25, 0.3) is 10.8 Å². The largest absolute Gasteiger partial charge is 0.448 e. The van der Waals surface area contributed by atoms with Crippen molar-refractivity contribution in [1.29, 1.82) is 0 Å². The average Bonchev–Trinajstić information content (AvgIpc) is 2.66. The highest BCUT2D eigenvalue weighted by molar-refractivity contribution is 7.91. The van der Waals surface area contributed by atoms with Crippen molar-refractivity contribution in [1.82, 2.24) is 10.2 Å². The summed E-state index contributed by atoms with van der Waals surface area (Å²) in [6, 6.07) is 10.2. The Morgan fingerprint density at radius 2 is 2.07 bits per heavy atom. The van der Waals surface area contributed by atoms with Crippen molar-refractivity contribution in [2.75, 3.05) is 32.6 Å². The third-order valence-corrected chi connectivity index (χ3v) is 6.70. The van der Waals surface area contributed by atoms with Crippen LogP contribution in [0.2, 0.25) is 5.02 Å². The predicted octanol–water partition coefficient (Wildman–Crippen LogP) is 2.54. The van der Waals surface area contributed by atoms with Crippen LogP contribution in [0.4, 0.5) is 0 Å². The third-order valence-electron chi connectivity index (χ3n) is 4.78. The van der Waals surface area contributed by atoms with Gasteiger partial charge in [-0.25, -0.2) is 8.42 Å². The lowest BCUT2D eigenvalue weighted by Crippen LogP contribution is -2.53. The SMILES string of the molecule is C=CC(c1ccc2cc(Cl)ccc2c1)S(=O)(=O)COC(=O)C1CN(C)CCN1. The van der Waals surface area contributed by atoms with Gasteiger partial charge in [0.05, 0.1) is 0 Å². The van der Waals surface area contributed by atoms with Gasteiger partial charge < -0.3 is 15.0 Å². The van der Waals surface area contributed by atoms with E-state index in [1.165, 1.54) is 6.08 Å². The monoisotopic (exact) mass is 422 g/mol. The maximum absolute atomic E-state index is 12.8. The van der Waals surface area contributed by atoms with Crippen molar-refractivity contribution in [2.45, 2.75) is 11.3 Å². The number of rotatable bonds is 6. The van der Waals surface area contributed by atoms with Gasteiger partial charge in [0.2, 0.25) is 0 Å². The van der Waals surface area contributed by atoms with Gasteiger partial charge >= 0.3 is 5.97 Å². The zero-order valence-electron chi connectivity index (χ0n) is 15.6. The van der Waals surface area contributed by atoms with Gasteiger partial charge in [0.25, 0.3) is 0 Å². The Hall–Kier alpha value is -1.93. The van der Waals surface area contributed by atoms with Crippen molar-refractivity contribution < 1.29 is 17.9 Å². The molecular weight excluding hydrogens is 400 g/mol. The lowest BCUT2D eigenvalue weighted by molar-refractivity contribution is -0.145. The van der Waals surface area contributed by atoms with Crippen molar-refractivity contribution in [3.8, 4) is 0 Å². The van der Waals surface area contributed by atoms with Crippen LogP contribution in [0, 0.1) is 0 Å². The lowest BCUT2D eigenvalue weighted by atomic mass is 10.0. The smallest absolute Gasteiger partial charge is 0.325 e. The summed E-state index contributed by atoms with van der Waals surface area (Å²) in [5.41, 5.74) is 0.566. The molecule has 0 saturated carbocycles. The molecule has 3 rings (SSSR count). The van der Waals surface area contributed by atoms with Gasteiger partial charge in [0.15, 0.2) is 15.8 Å². The number of likely N-dealkylation sites (N-methyl/N-ethyl adjacent to an activating group) is 1. The first-order valence-electron chi connectivity index (χ1n) is 8.92. The van der Waals surface area contributed by atoms with E-state index in [2.05, 4.69) is 11.9 Å². The molecule has 1 N–H and O–H groups in total. The molecule has 1 aliphatic rings. The summed E-state index contributed by atoms with van der Waals surface area (Å²) >= 11 is 6.00. The van der Waals surface area contributed by atoms with Gasteiger partial charge in [-0.05, 0) is 41.6 Å². The number of nitrogens with zero attached hydrogens (tertiary/aromatic N) is 1. The molecule has 2 atom stereocenters. The highest BCUT2D eigenvalue weighted by atomic mass is 35.5. The molecule has 0 amide bonds. The zero-order chi connectivity index (χ0) is 20.3. The number of sulfone groups is 1. The Morgan fingerprint density at radius 1 is 1.36 bits per heavy atom. The molecule has 1 saturated heterocycles. The Morgan fingerprint density at radius 3 is 2.79 bits per heavy atom. The molecule has 2 unspecified atom stereocenters. The molecule has 150 valence electrons. The summed E-state index contributed by atoms with van der Waals surface area (Å²) in [5, 5.41) is 4.47. The predicted molar refractivity (Wildman–Crippen MR) is 111 cm³/mol. The number of benzene rings is 2. The molecule has 2 aromatic carbocycles. The lowest BCUT2D eigenvalue weighted by Gasteiger charge is -2.29. The number of hydrogen-bond acceptors (Lipinski definition) is 6. The van der Waals surface area contributed by atoms with Crippen LogP contribution >= 0.6 is 11.6 Å². The number of fused-ring (bicyclic) bond motifs is 1. The van der Waals surface area contributed by atoms with Gasteiger partial charge in [-0.3, -0.25) is 4.79 Å². The van der Waals surface area contributed by atoms with Gasteiger partial charge in [0.1, 0.15) is 11.3 Å². The highest BCUT2D eigenvalue weighted by Gasteiger charge is 2.29. The molecule has 0 bridgehead atoms. The maximum atomic E-state index is 12.8. The quantitative estimate of drug-likeness (QED) is 0.569. The third kappa shape index (κ3) is 4.72. The van der Waals surface area contributed by atoms with Crippen molar-refractivity contribution >= 4 is 38.2 Å². The number of halogens is 1. The Balaban J connectivity index is 1.74. The van der Waals surface area contributed by atoms with E-state index in [1.807, 2.05) is 30.1 Å². The second-order valence-electron chi connectivity index (χ2n) is 6.92. The van der Waals surface area contributed by atoms with E-state index in [0.717, 1.165) is 17.3 Å². The molecule has 0 radical (unpaired) electrons. The van der Waals surface area contributed by atoms with Crippen molar-refractivity contribution in [2.24, 2.45) is 0 Å². The van der Waals surface area contributed by atoms with E-state index in [-0.39, 0.29) is 0 Å². The minimum atomic E-state index is -3.78. The van der Waals surface area contributed by atoms with E-state index in [1.54, 1.807) is 18.2 Å². The number of ether oxygens (including phenoxy) is 1. The zero-order valence-corrected chi connectivity index (χ0v) is 17.2. The maximum Gasteiger partial charge on any atom is 0.325 e. The molecule has 0 spiro atoms. The normalized spacial score (nSPS) is 19.3. The Bertz CT molecular complexity index is 993. The number of hydrogen-bond donors (Lipinski definition) is 1. The first kappa shape index (κ1) is 20.8. The number of esters is 1. The molecule has 1 heterocycles. The first-order chi connectivity index (χ1) is 13.3. The summed E-state index contributed by atoms with van der Waals surface area (Å²) in [7, 11) is -1.88. The fourth-order valence-electron chi connectivity index (χ4n) is 3.27. The number of carbonyl (C=O) groups is 1.